The molecular formula is C23H27N3O2S. The second-order valence-electron chi connectivity index (χ2n) is 6.97. The number of amides is 1. The van der Waals surface area contributed by atoms with Crippen molar-refractivity contribution in [3.63, 3.8) is 0 Å². The Morgan fingerprint density at radius 3 is 2.69 bits per heavy atom. The molecule has 0 N–H and O–H groups in total. The number of thioether (sulfide) groups is 1. The summed E-state index contributed by atoms with van der Waals surface area (Å²) in [6, 6.07) is 15.8. The maximum Gasteiger partial charge on any atom is 0.242 e. The van der Waals surface area contributed by atoms with E-state index < -0.39 is 0 Å². The van der Waals surface area contributed by atoms with Crippen LogP contribution in [0.25, 0.3) is 0 Å². The molecule has 2 aromatic carbocycles. The molecule has 1 amide bonds. The van der Waals surface area contributed by atoms with Crippen molar-refractivity contribution in [3.05, 3.63) is 65.2 Å². The number of hydrogen-bond donors (Lipinski definition) is 0. The standard InChI is InChI=1S/C23H27N3O2S/c1-4-5-14-21-22(27)26(16-19-12-7-6-10-17(19)2)23(29-21)25-24-15-18-11-8-9-13-20(18)28-3/h6-13,15,21H,4-5,14,16H2,1-3H3/b24-15-,25-23+/t21-/m0/s1. The van der Waals surface area contributed by atoms with Crippen molar-refractivity contribution in [2.45, 2.75) is 44.9 Å². The number of hydrogen-bond acceptors (Lipinski definition) is 5. The summed E-state index contributed by atoms with van der Waals surface area (Å²) in [6.45, 7) is 4.72. The molecule has 0 unspecified atom stereocenters. The van der Waals surface area contributed by atoms with Crippen molar-refractivity contribution in [1.82, 2.24) is 4.90 Å². The lowest BCUT2D eigenvalue weighted by Gasteiger charge is -2.17. The Balaban J connectivity index is 1.84. The van der Waals surface area contributed by atoms with Crippen molar-refractivity contribution in [2.24, 2.45) is 10.2 Å². The monoisotopic (exact) mass is 409 g/mol. The van der Waals surface area contributed by atoms with E-state index in [1.807, 2.05) is 36.4 Å². The zero-order valence-corrected chi connectivity index (χ0v) is 18.0. The molecule has 0 aromatic heterocycles. The van der Waals surface area contributed by atoms with Gasteiger partial charge in [-0.3, -0.25) is 9.69 Å². The molecule has 2 aromatic rings. The highest BCUT2D eigenvalue weighted by atomic mass is 32.2. The highest BCUT2D eigenvalue weighted by Crippen LogP contribution is 2.32. The summed E-state index contributed by atoms with van der Waals surface area (Å²) in [5.74, 6) is 0.863. The van der Waals surface area contributed by atoms with Crippen molar-refractivity contribution >= 4 is 29.1 Å². The van der Waals surface area contributed by atoms with E-state index in [1.165, 1.54) is 17.3 Å². The Hall–Kier alpha value is -2.60. The van der Waals surface area contributed by atoms with Crippen LogP contribution in [0.1, 0.15) is 42.9 Å². The molecule has 0 bridgehead atoms. The molecule has 1 atom stereocenters. The third-order valence-corrected chi connectivity index (χ3v) is 6.14. The molecule has 1 saturated heterocycles. The summed E-state index contributed by atoms with van der Waals surface area (Å²) in [5.41, 5.74) is 3.14. The number of nitrogens with zero attached hydrogens (tertiary/aromatic N) is 3. The van der Waals surface area contributed by atoms with E-state index in [0.717, 1.165) is 36.1 Å². The van der Waals surface area contributed by atoms with Gasteiger partial charge in [0, 0.05) is 5.56 Å². The van der Waals surface area contributed by atoms with Gasteiger partial charge in [-0.2, -0.15) is 5.10 Å². The highest BCUT2D eigenvalue weighted by Gasteiger charge is 2.37. The number of ether oxygens (including phenoxy) is 1. The zero-order valence-electron chi connectivity index (χ0n) is 17.2. The minimum Gasteiger partial charge on any atom is -0.496 e. The van der Waals surface area contributed by atoms with Crippen LogP contribution < -0.4 is 4.74 Å². The van der Waals surface area contributed by atoms with Crippen LogP contribution in [0.4, 0.5) is 0 Å². The number of methoxy groups -OCH3 is 1. The maximum absolute atomic E-state index is 13.0. The van der Waals surface area contributed by atoms with E-state index in [4.69, 9.17) is 4.74 Å². The Morgan fingerprint density at radius 1 is 1.17 bits per heavy atom. The van der Waals surface area contributed by atoms with Crippen molar-refractivity contribution in [3.8, 4) is 5.75 Å². The van der Waals surface area contributed by atoms with Gasteiger partial charge in [0.25, 0.3) is 0 Å². The molecule has 1 aliphatic heterocycles. The lowest BCUT2D eigenvalue weighted by Crippen LogP contribution is -2.31. The van der Waals surface area contributed by atoms with E-state index in [1.54, 1.807) is 18.2 Å². The topological polar surface area (TPSA) is 54.3 Å². The van der Waals surface area contributed by atoms with Gasteiger partial charge in [0.05, 0.1) is 25.1 Å². The summed E-state index contributed by atoms with van der Waals surface area (Å²) in [4.78, 5) is 14.8. The first-order valence-electron chi connectivity index (χ1n) is 9.90. The first-order chi connectivity index (χ1) is 14.1. The van der Waals surface area contributed by atoms with Gasteiger partial charge >= 0.3 is 0 Å². The van der Waals surface area contributed by atoms with E-state index >= 15 is 0 Å². The number of benzene rings is 2. The largest absolute Gasteiger partial charge is 0.496 e. The molecule has 1 fully saturated rings. The van der Waals surface area contributed by atoms with E-state index in [0.29, 0.717) is 11.7 Å². The van der Waals surface area contributed by atoms with Crippen LogP contribution in [0.2, 0.25) is 0 Å². The molecule has 1 heterocycles. The predicted octanol–water partition coefficient (Wildman–Crippen LogP) is 5.03. The second-order valence-corrected chi connectivity index (χ2v) is 8.14. The van der Waals surface area contributed by atoms with Gasteiger partial charge in [-0.25, -0.2) is 0 Å². The third kappa shape index (κ3) is 5.26. The summed E-state index contributed by atoms with van der Waals surface area (Å²) in [6.07, 6.45) is 4.63. The smallest absolute Gasteiger partial charge is 0.242 e. The van der Waals surface area contributed by atoms with Gasteiger partial charge < -0.3 is 4.74 Å². The number of aryl methyl sites for hydroxylation is 1. The highest BCUT2D eigenvalue weighted by molar-refractivity contribution is 8.15. The van der Waals surface area contributed by atoms with Gasteiger partial charge in [-0.05, 0) is 36.6 Å². The van der Waals surface area contributed by atoms with Gasteiger partial charge in [-0.1, -0.05) is 67.9 Å². The summed E-state index contributed by atoms with van der Waals surface area (Å²) >= 11 is 1.52. The van der Waals surface area contributed by atoms with Crippen LogP contribution >= 0.6 is 11.8 Å². The number of unbranched alkanes of at least 4 members (excludes halogenated alkanes) is 1. The van der Waals surface area contributed by atoms with Crippen LogP contribution in [-0.2, 0) is 11.3 Å². The van der Waals surface area contributed by atoms with Gasteiger partial charge in [0.1, 0.15) is 5.75 Å². The molecule has 6 heteroatoms. The predicted molar refractivity (Wildman–Crippen MR) is 121 cm³/mol. The van der Waals surface area contributed by atoms with E-state index in [9.17, 15) is 4.79 Å². The van der Waals surface area contributed by atoms with Crippen molar-refractivity contribution < 1.29 is 9.53 Å². The number of carbonyl (C=O) groups is 1. The summed E-state index contributed by atoms with van der Waals surface area (Å²) < 4.78 is 5.35. The quantitative estimate of drug-likeness (QED) is 0.454. The van der Waals surface area contributed by atoms with Gasteiger partial charge in [0.2, 0.25) is 5.91 Å². The van der Waals surface area contributed by atoms with Crippen LogP contribution in [0, 0.1) is 6.92 Å². The molecule has 0 spiro atoms. The number of carbonyl (C=O) groups excluding carboxylic acids is 1. The minimum absolute atomic E-state index is 0.0841. The average Bonchev–Trinajstić information content (AvgIpc) is 3.03. The van der Waals surface area contributed by atoms with E-state index in [-0.39, 0.29) is 11.2 Å². The lowest BCUT2D eigenvalue weighted by atomic mass is 10.1. The van der Waals surface area contributed by atoms with Crippen LogP contribution in [0.15, 0.2) is 58.7 Å². The average molecular weight is 410 g/mol. The SMILES string of the molecule is CCCC[C@@H]1S/C(=N/N=C\c2ccccc2OC)N(Cc2ccccc2C)C1=O. The fourth-order valence-corrected chi connectivity index (χ4v) is 4.32. The molecule has 152 valence electrons. The van der Waals surface area contributed by atoms with E-state index in [2.05, 4.69) is 36.2 Å². The van der Waals surface area contributed by atoms with Crippen LogP contribution in [0.3, 0.4) is 0 Å². The van der Waals surface area contributed by atoms with Crippen LogP contribution in [0.5, 0.6) is 5.75 Å². The summed E-state index contributed by atoms with van der Waals surface area (Å²) in [5, 5.41) is 9.25. The van der Waals surface area contributed by atoms with Gasteiger partial charge in [0.15, 0.2) is 5.17 Å². The Kier molecular flexibility index (Phi) is 7.47. The van der Waals surface area contributed by atoms with Gasteiger partial charge in [-0.15, -0.1) is 5.10 Å². The summed E-state index contributed by atoms with van der Waals surface area (Å²) in [7, 11) is 1.63. The first-order valence-corrected chi connectivity index (χ1v) is 10.8. The number of para-hydroxylation sites is 1. The van der Waals surface area contributed by atoms with Crippen molar-refractivity contribution in [2.75, 3.05) is 7.11 Å². The molecule has 0 aliphatic carbocycles. The Morgan fingerprint density at radius 2 is 1.93 bits per heavy atom. The van der Waals surface area contributed by atoms with Crippen molar-refractivity contribution in [1.29, 1.82) is 0 Å². The fourth-order valence-electron chi connectivity index (χ4n) is 3.18. The lowest BCUT2D eigenvalue weighted by molar-refractivity contribution is -0.126. The number of rotatable bonds is 8. The maximum atomic E-state index is 13.0. The molecule has 5 nitrogen and oxygen atoms in total. The zero-order chi connectivity index (χ0) is 20.6. The molecule has 29 heavy (non-hydrogen) atoms. The molecule has 0 saturated carbocycles. The third-order valence-electron chi connectivity index (χ3n) is 4.91. The normalized spacial score (nSPS) is 18.2. The minimum atomic E-state index is -0.0841. The fraction of sp³-hybridized carbons (Fsp3) is 0.348. The Bertz CT molecular complexity index is 911. The molecule has 0 radical (unpaired) electrons. The molecular weight excluding hydrogens is 382 g/mol. The second kappa shape index (κ2) is 10.3. The Labute approximate surface area is 176 Å². The molecule has 3 rings (SSSR count). The molecule has 1 aliphatic rings. The first kappa shape index (κ1) is 21.1. The van der Waals surface area contributed by atoms with Crippen LogP contribution in [-0.4, -0.2) is 34.5 Å². The number of amidine groups is 1.